The highest BCUT2D eigenvalue weighted by molar-refractivity contribution is 5.94. The van der Waals surface area contributed by atoms with Crippen LogP contribution in [0.25, 0.3) is 0 Å². The number of hydrogen-bond acceptors (Lipinski definition) is 8. The molecule has 0 aromatic carbocycles. The van der Waals surface area contributed by atoms with Crippen LogP contribution in [0.15, 0.2) is 9.98 Å². The van der Waals surface area contributed by atoms with Gasteiger partial charge in [-0.05, 0) is 38.0 Å². The van der Waals surface area contributed by atoms with E-state index < -0.39 is 60.2 Å². The number of nitrogens with two attached hydrogens (primary N) is 5. The molecule has 0 aliphatic rings. The van der Waals surface area contributed by atoms with Crippen LogP contribution >= 0.6 is 0 Å². The molecular weight excluding hydrogens is 528 g/mol. The first-order valence-corrected chi connectivity index (χ1v) is 12.9. The highest BCUT2D eigenvalue weighted by Crippen LogP contribution is 2.09. The summed E-state index contributed by atoms with van der Waals surface area (Å²) < 4.78 is 0. The molecule has 0 saturated carbocycles. The monoisotopic (exact) mass is 572 g/mol. The number of carboxylic acid groups (broad SMARTS) is 2. The van der Waals surface area contributed by atoms with Gasteiger partial charge in [-0.15, -0.1) is 0 Å². The van der Waals surface area contributed by atoms with Crippen LogP contribution in [-0.2, 0) is 24.0 Å². The third-order valence-corrected chi connectivity index (χ3v) is 5.98. The Hall–Kier alpha value is -4.15. The van der Waals surface area contributed by atoms with E-state index in [1.807, 2.05) is 6.92 Å². The van der Waals surface area contributed by atoms with Crippen molar-refractivity contribution in [1.82, 2.24) is 16.0 Å². The van der Waals surface area contributed by atoms with Crippen LogP contribution in [0.1, 0.15) is 58.8 Å². The second-order valence-corrected chi connectivity index (χ2v) is 9.26. The fourth-order valence-electron chi connectivity index (χ4n) is 3.39. The summed E-state index contributed by atoms with van der Waals surface area (Å²) in [6.07, 6.45) is 0.310. The van der Waals surface area contributed by atoms with Gasteiger partial charge < -0.3 is 54.8 Å². The zero-order valence-corrected chi connectivity index (χ0v) is 23.0. The van der Waals surface area contributed by atoms with Crippen LogP contribution in [-0.4, -0.2) is 89.0 Å². The number of nitrogens with zero attached hydrogens (tertiary/aromatic N) is 2. The Kier molecular flexibility index (Phi) is 17.0. The molecule has 17 nitrogen and oxygen atoms in total. The summed E-state index contributed by atoms with van der Waals surface area (Å²) >= 11 is 0. The van der Waals surface area contributed by atoms with Gasteiger partial charge in [0.25, 0.3) is 0 Å². The standard InChI is InChI=1S/C23H44N10O7/c1-3-12(2)17(24)20(38)32-13(6-4-10-29-22(25)26)18(36)31-14(8-9-16(34)35)19(37)33-15(21(39)40)7-5-11-30-23(27)28/h12-15,17H,3-11,24H2,1-2H3,(H,31,36)(H,32,38)(H,33,37)(H,34,35)(H,39,40)(H4,25,26,29)(H4,27,28,30). The molecule has 40 heavy (non-hydrogen) atoms. The highest BCUT2D eigenvalue weighted by atomic mass is 16.4. The number of guanidine groups is 2. The number of aliphatic carboxylic acids is 2. The molecule has 5 unspecified atom stereocenters. The largest absolute Gasteiger partial charge is 0.481 e. The van der Waals surface area contributed by atoms with Gasteiger partial charge in [0.2, 0.25) is 17.7 Å². The van der Waals surface area contributed by atoms with E-state index in [4.69, 9.17) is 33.8 Å². The fourth-order valence-corrected chi connectivity index (χ4v) is 3.39. The van der Waals surface area contributed by atoms with E-state index in [2.05, 4.69) is 25.9 Å². The molecule has 0 rings (SSSR count). The molecular formula is C23H44N10O7. The predicted octanol–water partition coefficient (Wildman–Crippen LogP) is -3.13. The van der Waals surface area contributed by atoms with Gasteiger partial charge >= 0.3 is 11.9 Å². The zero-order valence-electron chi connectivity index (χ0n) is 23.0. The van der Waals surface area contributed by atoms with Gasteiger partial charge in [0.05, 0.1) is 6.04 Å². The summed E-state index contributed by atoms with van der Waals surface area (Å²) in [6, 6.07) is -4.83. The van der Waals surface area contributed by atoms with Crippen LogP contribution < -0.4 is 44.6 Å². The predicted molar refractivity (Wildman–Crippen MR) is 148 cm³/mol. The maximum Gasteiger partial charge on any atom is 0.326 e. The molecule has 0 fully saturated rings. The molecule has 3 amide bonds. The lowest BCUT2D eigenvalue weighted by Gasteiger charge is -2.26. The Bertz CT molecular complexity index is 920. The molecule has 0 aromatic rings. The lowest BCUT2D eigenvalue weighted by Crippen LogP contribution is -2.57. The molecule has 228 valence electrons. The summed E-state index contributed by atoms with van der Waals surface area (Å²) in [4.78, 5) is 69.3. The molecule has 15 N–H and O–H groups in total. The number of rotatable bonds is 20. The molecule has 0 aliphatic carbocycles. The molecule has 0 saturated heterocycles. The topological polar surface area (TPSA) is 317 Å². The Morgan fingerprint density at radius 2 is 1.15 bits per heavy atom. The third-order valence-electron chi connectivity index (χ3n) is 5.98. The Morgan fingerprint density at radius 3 is 1.57 bits per heavy atom. The van der Waals surface area contributed by atoms with Crippen LogP contribution in [0.2, 0.25) is 0 Å². The maximum absolute atomic E-state index is 13.2. The van der Waals surface area contributed by atoms with Gasteiger partial charge in [-0.25, -0.2) is 4.79 Å². The number of amides is 3. The van der Waals surface area contributed by atoms with Crippen molar-refractivity contribution in [2.24, 2.45) is 44.6 Å². The van der Waals surface area contributed by atoms with E-state index in [0.717, 1.165) is 0 Å². The second-order valence-electron chi connectivity index (χ2n) is 9.26. The summed E-state index contributed by atoms with van der Waals surface area (Å²) in [7, 11) is 0. The highest BCUT2D eigenvalue weighted by Gasteiger charge is 2.31. The van der Waals surface area contributed by atoms with E-state index in [1.165, 1.54) is 0 Å². The first-order chi connectivity index (χ1) is 18.7. The van der Waals surface area contributed by atoms with E-state index in [-0.39, 0.29) is 63.0 Å². The molecule has 0 radical (unpaired) electrons. The molecule has 0 aromatic heterocycles. The van der Waals surface area contributed by atoms with Crippen molar-refractivity contribution < 1.29 is 34.2 Å². The van der Waals surface area contributed by atoms with Gasteiger partial charge in [-0.2, -0.15) is 0 Å². The first kappa shape index (κ1) is 35.9. The van der Waals surface area contributed by atoms with Crippen molar-refractivity contribution in [1.29, 1.82) is 0 Å². The average molecular weight is 573 g/mol. The number of hydrogen-bond donors (Lipinski definition) is 10. The molecule has 5 atom stereocenters. The van der Waals surface area contributed by atoms with Crippen molar-refractivity contribution in [2.45, 2.75) is 83.0 Å². The van der Waals surface area contributed by atoms with Gasteiger partial charge in [0, 0.05) is 19.5 Å². The van der Waals surface area contributed by atoms with Crippen LogP contribution in [0.5, 0.6) is 0 Å². The van der Waals surface area contributed by atoms with Crippen molar-refractivity contribution in [3.05, 3.63) is 0 Å². The van der Waals surface area contributed by atoms with Crippen molar-refractivity contribution in [3.63, 3.8) is 0 Å². The lowest BCUT2D eigenvalue weighted by molar-refractivity contribution is -0.143. The Morgan fingerprint density at radius 1 is 0.725 bits per heavy atom. The van der Waals surface area contributed by atoms with Crippen molar-refractivity contribution in [2.75, 3.05) is 13.1 Å². The normalized spacial score (nSPS) is 14.4. The minimum absolute atomic E-state index is 0.0333. The molecule has 0 heterocycles. The maximum atomic E-state index is 13.2. The van der Waals surface area contributed by atoms with E-state index in [9.17, 15) is 29.1 Å². The summed E-state index contributed by atoms with van der Waals surface area (Å²) in [5, 5.41) is 25.9. The van der Waals surface area contributed by atoms with Crippen LogP contribution in [0.3, 0.4) is 0 Å². The number of carbonyl (C=O) groups is 5. The van der Waals surface area contributed by atoms with Gasteiger partial charge in [0.1, 0.15) is 18.1 Å². The lowest BCUT2D eigenvalue weighted by atomic mass is 9.98. The average Bonchev–Trinajstić information content (AvgIpc) is 2.87. The Labute approximate surface area is 232 Å². The second kappa shape index (κ2) is 19.0. The van der Waals surface area contributed by atoms with Crippen LogP contribution in [0.4, 0.5) is 0 Å². The number of nitrogens with one attached hydrogen (secondary N) is 3. The van der Waals surface area contributed by atoms with Gasteiger partial charge in [-0.3, -0.25) is 29.2 Å². The SMILES string of the molecule is CCC(C)C(N)C(=O)NC(CCCN=C(N)N)C(=O)NC(CCC(=O)O)C(=O)NC(CCCN=C(N)N)C(=O)O. The van der Waals surface area contributed by atoms with E-state index in [0.29, 0.717) is 6.42 Å². The third kappa shape index (κ3) is 15.3. The molecule has 17 heteroatoms. The number of carboxylic acids is 2. The Balaban J connectivity index is 5.71. The zero-order chi connectivity index (χ0) is 30.8. The smallest absolute Gasteiger partial charge is 0.326 e. The summed E-state index contributed by atoms with van der Waals surface area (Å²) in [6.45, 7) is 3.92. The van der Waals surface area contributed by atoms with Crippen molar-refractivity contribution >= 4 is 41.6 Å². The minimum atomic E-state index is -1.41. The minimum Gasteiger partial charge on any atom is -0.481 e. The summed E-state index contributed by atoms with van der Waals surface area (Å²) in [5.74, 6) is -5.37. The van der Waals surface area contributed by atoms with Gasteiger partial charge in [-0.1, -0.05) is 20.3 Å². The molecule has 0 bridgehead atoms. The first-order valence-electron chi connectivity index (χ1n) is 12.9. The van der Waals surface area contributed by atoms with Crippen LogP contribution in [0, 0.1) is 5.92 Å². The quantitative estimate of drug-likeness (QED) is 0.0393. The van der Waals surface area contributed by atoms with Crippen molar-refractivity contribution in [3.8, 4) is 0 Å². The molecule has 0 aliphatic heterocycles. The van der Waals surface area contributed by atoms with Gasteiger partial charge in [0.15, 0.2) is 11.9 Å². The van der Waals surface area contributed by atoms with E-state index >= 15 is 0 Å². The number of carbonyl (C=O) groups excluding carboxylic acids is 3. The number of aliphatic imine (C=N–C) groups is 2. The fraction of sp³-hybridized carbons (Fsp3) is 0.696. The summed E-state index contributed by atoms with van der Waals surface area (Å²) in [5.41, 5.74) is 27.1. The molecule has 0 spiro atoms. The van der Waals surface area contributed by atoms with E-state index in [1.54, 1.807) is 6.92 Å².